The lowest BCUT2D eigenvalue weighted by Gasteiger charge is -2.34. The Kier molecular flexibility index (Phi) is 14.9. The summed E-state index contributed by atoms with van der Waals surface area (Å²) in [6, 6.07) is 53.3. The van der Waals surface area contributed by atoms with Gasteiger partial charge in [-0.3, -0.25) is 49.0 Å². The Morgan fingerprint density at radius 3 is 1.01 bits per heavy atom. The number of benzene rings is 12. The van der Waals surface area contributed by atoms with Crippen LogP contribution in [0.4, 0.5) is 11.4 Å². The molecule has 0 fully saturated rings. The topological polar surface area (TPSA) is 214 Å². The lowest BCUT2D eigenvalue weighted by Crippen LogP contribution is -2.44. The average molecular weight is 1200 g/mol. The van der Waals surface area contributed by atoms with E-state index >= 15 is 19.2 Å². The Balaban J connectivity index is 0.000000928. The molecule has 12 aromatic carbocycles. The van der Waals surface area contributed by atoms with Gasteiger partial charge >= 0.3 is 11.9 Å². The third-order valence-electron chi connectivity index (χ3n) is 18.0. The molecular weight excluding hydrogens is 1140 g/mol. The first-order valence-corrected chi connectivity index (χ1v) is 29.5. The summed E-state index contributed by atoms with van der Waals surface area (Å²) in [5.74, 6) is -3.98. The van der Waals surface area contributed by atoms with Gasteiger partial charge in [-0.15, -0.1) is 0 Å². The molecule has 0 N–H and O–H groups in total. The van der Waals surface area contributed by atoms with Crippen molar-refractivity contribution in [3.8, 4) is 11.5 Å². The SMILES string of the molecule is CCC(C)(C)c1ccc(OC(=O)Cc2ccc3ccc4cccc5ccc2c3c45)c(N2C(=O)c3ccc4c5c(ccc(c35)C2=O)C(=O)N(c2cc(C(C)(C)CC)ccc2OC(=O)Cc2ccc3ccc5cccc6ccc2c3c56)C4=O)c1.C[N+](=O)[O-].C[N+](=O)[O-]. The number of rotatable bonds is 12. The van der Waals surface area contributed by atoms with Crippen molar-refractivity contribution >= 4 is 122 Å². The van der Waals surface area contributed by atoms with Crippen LogP contribution in [0.1, 0.15) is 118 Å². The van der Waals surface area contributed by atoms with E-state index < -0.39 is 56.2 Å². The van der Waals surface area contributed by atoms with E-state index in [1.54, 1.807) is 24.3 Å². The van der Waals surface area contributed by atoms with Crippen molar-refractivity contribution in [2.24, 2.45) is 0 Å². The van der Waals surface area contributed by atoms with Crippen LogP contribution in [0.2, 0.25) is 0 Å². The van der Waals surface area contributed by atoms with Crippen molar-refractivity contribution in [2.75, 3.05) is 23.9 Å². The molecule has 90 heavy (non-hydrogen) atoms. The summed E-state index contributed by atoms with van der Waals surface area (Å²) in [6.07, 6.45) is 1.28. The van der Waals surface area contributed by atoms with Gasteiger partial charge in [0.15, 0.2) is 25.6 Å². The van der Waals surface area contributed by atoms with E-state index in [1.165, 1.54) is 24.3 Å². The summed E-state index contributed by atoms with van der Waals surface area (Å²) < 4.78 is 12.5. The van der Waals surface area contributed by atoms with Crippen LogP contribution >= 0.6 is 0 Å². The molecule has 2 aliphatic heterocycles. The minimum Gasteiger partial charge on any atom is -0.424 e. The monoisotopic (exact) mass is 1200 g/mol. The normalized spacial score (nSPS) is 13.2. The van der Waals surface area contributed by atoms with Crippen LogP contribution in [0.3, 0.4) is 0 Å². The van der Waals surface area contributed by atoms with E-state index in [2.05, 4.69) is 88.4 Å². The third-order valence-corrected chi connectivity index (χ3v) is 18.0. The van der Waals surface area contributed by atoms with Crippen LogP contribution in [-0.4, -0.2) is 59.5 Å². The van der Waals surface area contributed by atoms with Gasteiger partial charge in [-0.1, -0.05) is 163 Å². The minimum atomic E-state index is -0.715. The molecule has 0 aliphatic carbocycles. The second-order valence-electron chi connectivity index (χ2n) is 24.1. The highest BCUT2D eigenvalue weighted by atomic mass is 16.6. The van der Waals surface area contributed by atoms with Crippen molar-refractivity contribution < 1.29 is 48.1 Å². The average Bonchev–Trinajstić information content (AvgIpc) is 0.717. The fourth-order valence-corrected chi connectivity index (χ4v) is 12.6. The first-order valence-electron chi connectivity index (χ1n) is 29.5. The molecule has 0 radical (unpaired) electrons. The van der Waals surface area contributed by atoms with Crippen LogP contribution in [-0.2, 0) is 33.3 Å². The Morgan fingerprint density at radius 1 is 0.411 bits per heavy atom. The molecule has 0 saturated heterocycles. The van der Waals surface area contributed by atoms with Gasteiger partial charge < -0.3 is 9.47 Å². The molecule has 12 aromatic rings. The lowest BCUT2D eigenvalue weighted by atomic mass is 9.81. The number of hydrogen-bond donors (Lipinski definition) is 0. The Morgan fingerprint density at radius 2 is 0.700 bits per heavy atom. The van der Waals surface area contributed by atoms with Crippen LogP contribution in [0.5, 0.6) is 11.5 Å². The first-order chi connectivity index (χ1) is 43.0. The first kappa shape index (κ1) is 59.3. The minimum absolute atomic E-state index is 0.0241. The summed E-state index contributed by atoms with van der Waals surface area (Å²) in [7, 11) is 1.78. The zero-order valence-electron chi connectivity index (χ0n) is 50.7. The van der Waals surface area contributed by atoms with E-state index in [9.17, 15) is 9.59 Å². The largest absolute Gasteiger partial charge is 0.424 e. The summed E-state index contributed by atoms with van der Waals surface area (Å²) >= 11 is 0. The molecule has 0 bridgehead atoms. The highest BCUT2D eigenvalue weighted by Crippen LogP contribution is 2.46. The molecule has 0 atom stereocenters. The molecule has 14 rings (SSSR count). The molecule has 448 valence electrons. The smallest absolute Gasteiger partial charge is 0.315 e. The van der Waals surface area contributed by atoms with Gasteiger partial charge in [-0.25, -0.2) is 9.80 Å². The van der Waals surface area contributed by atoms with E-state index in [0.29, 0.717) is 0 Å². The number of imide groups is 2. The molecule has 16 heteroatoms. The molecule has 2 heterocycles. The molecule has 2 aliphatic rings. The maximum atomic E-state index is 15.2. The molecular formula is C74H60N4O12. The zero-order chi connectivity index (χ0) is 63.8. The van der Waals surface area contributed by atoms with E-state index in [0.717, 1.165) is 124 Å². The molecule has 0 spiro atoms. The maximum absolute atomic E-state index is 15.2. The number of esters is 2. The molecule has 16 nitrogen and oxygen atoms in total. The second-order valence-corrected chi connectivity index (χ2v) is 24.1. The molecule has 0 aromatic heterocycles. The fraction of sp³-hybridized carbons (Fsp3) is 0.189. The predicted molar refractivity (Wildman–Crippen MR) is 351 cm³/mol. The number of nitrogens with zero attached hydrogens (tertiary/aromatic N) is 4. The van der Waals surface area contributed by atoms with E-state index in [4.69, 9.17) is 29.7 Å². The summed E-state index contributed by atoms with van der Waals surface area (Å²) in [4.78, 5) is 108. The number of amides is 4. The van der Waals surface area contributed by atoms with Crippen LogP contribution in [0.25, 0.3) is 75.4 Å². The number of carbonyl (C=O) groups excluding carboxylic acids is 6. The molecule has 0 unspecified atom stereocenters. The van der Waals surface area contributed by atoms with Crippen molar-refractivity contribution in [3.63, 3.8) is 0 Å². The van der Waals surface area contributed by atoms with Gasteiger partial charge in [0.05, 0.1) is 24.2 Å². The summed E-state index contributed by atoms with van der Waals surface area (Å²) in [5, 5.41) is 30.7. The maximum Gasteiger partial charge on any atom is 0.315 e. The quantitative estimate of drug-likeness (QED) is 0.0279. The third kappa shape index (κ3) is 10.2. The zero-order valence-corrected chi connectivity index (χ0v) is 50.7. The van der Waals surface area contributed by atoms with Crippen molar-refractivity contribution in [1.29, 1.82) is 0 Å². The number of nitro groups is 2. The Bertz CT molecular complexity index is 4640. The van der Waals surface area contributed by atoms with Crippen molar-refractivity contribution in [3.05, 3.63) is 235 Å². The summed E-state index contributed by atoms with van der Waals surface area (Å²) in [6.45, 7) is 12.3. The van der Waals surface area contributed by atoms with Crippen LogP contribution in [0.15, 0.2) is 170 Å². The summed E-state index contributed by atoms with van der Waals surface area (Å²) in [5.41, 5.74) is 2.89. The van der Waals surface area contributed by atoms with Gasteiger partial charge in [0, 0.05) is 42.9 Å². The van der Waals surface area contributed by atoms with Gasteiger partial charge in [0.25, 0.3) is 23.6 Å². The predicted octanol–water partition coefficient (Wildman–Crippen LogP) is 15.7. The second kappa shape index (κ2) is 22.6. The fourth-order valence-electron chi connectivity index (χ4n) is 12.6. The number of anilines is 2. The number of hydrogen-bond acceptors (Lipinski definition) is 12. The van der Waals surface area contributed by atoms with Crippen LogP contribution < -0.4 is 19.3 Å². The Labute approximate surface area is 516 Å². The van der Waals surface area contributed by atoms with E-state index in [-0.39, 0.29) is 68.7 Å². The Hall–Kier alpha value is -11.0. The lowest BCUT2D eigenvalue weighted by molar-refractivity contribution is -0.445. The van der Waals surface area contributed by atoms with Gasteiger partial charge in [0.2, 0.25) is 0 Å². The number of carbonyl (C=O) groups is 6. The van der Waals surface area contributed by atoms with Gasteiger partial charge in [-0.2, -0.15) is 0 Å². The molecule has 0 saturated carbocycles. The highest BCUT2D eigenvalue weighted by Gasteiger charge is 2.43. The van der Waals surface area contributed by atoms with E-state index in [1.807, 2.05) is 74.5 Å². The van der Waals surface area contributed by atoms with Crippen molar-refractivity contribution in [2.45, 2.75) is 78.1 Å². The number of ether oxygens (including phenoxy) is 2. The van der Waals surface area contributed by atoms with Crippen LogP contribution in [0, 0.1) is 20.2 Å². The standard InChI is InChI=1S/C72H54N2O8.2CH3NO2/c1-7-71(3,4)47-25-33-57(81-59(75)35-45-21-19-43-17-15-39-11-9-13-41-23-27-49(45)63(43)61(39)41)55(37-47)73-67(77)51-29-31-53-66-54(32-30-52(65(51)66)68(73)78)70(80)74(69(53)79)56-38-48(72(5,6)8-2)26-34-58(56)82-60(76)36-46-22-20-44-18-16-40-12-10-14-42-24-28-50(46)64(44)62(40)42;2*1-2(3)4/h9-34,37-38H,7-8,35-36H2,1-6H3;2*1H3. The van der Waals surface area contributed by atoms with Gasteiger partial charge in [0.1, 0.15) is 0 Å². The highest BCUT2D eigenvalue weighted by molar-refractivity contribution is 6.42. The molecule has 4 amide bonds. The van der Waals surface area contributed by atoms with Crippen molar-refractivity contribution in [1.82, 2.24) is 0 Å². The van der Waals surface area contributed by atoms with Gasteiger partial charge in [-0.05, 0) is 159 Å².